The van der Waals surface area contributed by atoms with Crippen molar-refractivity contribution in [3.05, 3.63) is 35.9 Å². The smallest absolute Gasteiger partial charge is 0.249 e. The molecule has 424 valence electrons. The van der Waals surface area contributed by atoms with Gasteiger partial charge in [-0.15, -0.1) is 0 Å². The van der Waals surface area contributed by atoms with E-state index in [4.69, 9.17) is 18.9 Å². The Labute approximate surface area is 412 Å². The number of nitrogens with one attached hydrogen (secondary N) is 1. The summed E-state index contributed by atoms with van der Waals surface area (Å²) in [6, 6.07) is 6.89. The van der Waals surface area contributed by atoms with E-state index in [1.807, 2.05) is 5.32 Å². The van der Waals surface area contributed by atoms with E-state index in [-0.39, 0.29) is 5.56 Å². The summed E-state index contributed by atoms with van der Waals surface area (Å²) in [6.07, 6.45) is -29.3. The first kappa shape index (κ1) is 64.2. The van der Waals surface area contributed by atoms with Crippen LogP contribution in [0.25, 0.3) is 0 Å². The summed E-state index contributed by atoms with van der Waals surface area (Å²) >= 11 is 0. The summed E-state index contributed by atoms with van der Waals surface area (Å²) in [4.78, 5) is 27.4. The second-order valence-electron chi connectivity index (χ2n) is 13.6. The van der Waals surface area contributed by atoms with Gasteiger partial charge in [0.25, 0.3) is 0 Å². The summed E-state index contributed by atoms with van der Waals surface area (Å²) in [7, 11) is -48.7. The maximum atomic E-state index is 13.7. The number of amides is 2. The van der Waals surface area contributed by atoms with Gasteiger partial charge in [0.1, 0.15) is 49.3 Å². The Morgan fingerprint density at radius 2 is 0.890 bits per heavy atom. The maximum Gasteiger partial charge on any atom is 0.249 e. The second-order valence-corrected chi connectivity index (χ2v) is 21.7. The summed E-state index contributed by atoms with van der Waals surface area (Å²) in [5.74, 6) is -2.76. The van der Waals surface area contributed by atoms with Gasteiger partial charge in [0.15, 0.2) is 12.4 Å². The highest BCUT2D eigenvalue weighted by Gasteiger charge is 2.54. The number of ether oxygens (including phenoxy) is 4. The standard InChI is InChI=1S/C25H38N2O38S8/c28-16(26-6-7-54-24-23(64-72(48,49)50)21(63-71(45,46)47)19(61-69(39,40)41)14(58-24)10-56-66(30,31)32)9-27(8-13-4-2-1-3-5-13)17(29)12-55-22-20(62-70(42,43)44)18(60-68(36,37)38)15(11-57-67(33,34)35)59-25(22)65-73(51,52)53/h1-5,14-15,18-25H,6-12H2,(H,26,28)(H,30,31,32)(H,33,34,35)(H,36,37,38)(H,39,40,41)(H,42,43,44)(H,45,46,47)(H,48,49,50)(H,51,52,53)/p-8/t14-,15+,18-,19+,20+,21-,22-,23+,24-,25-/m0/s1. The molecule has 2 aliphatic rings. The monoisotopic (exact) mass is 1220 g/mol. The minimum atomic E-state index is -6.25. The highest BCUT2D eigenvalue weighted by Crippen LogP contribution is 2.33. The lowest BCUT2D eigenvalue weighted by atomic mass is 9.99. The van der Waals surface area contributed by atoms with Gasteiger partial charge in [-0.05, 0) is 5.56 Å². The van der Waals surface area contributed by atoms with Crippen LogP contribution < -0.4 is 5.32 Å². The van der Waals surface area contributed by atoms with Crippen LogP contribution in [-0.2, 0) is 152 Å². The zero-order valence-corrected chi connectivity index (χ0v) is 41.4. The molecule has 73 heavy (non-hydrogen) atoms. The van der Waals surface area contributed by atoms with Crippen LogP contribution in [0.5, 0.6) is 0 Å². The van der Waals surface area contributed by atoms with E-state index >= 15 is 0 Å². The average molecular weight is 1220 g/mol. The number of carbonyl (C=O) groups is 2. The Morgan fingerprint density at radius 3 is 1.32 bits per heavy atom. The number of hydrogen-bond donors (Lipinski definition) is 1. The summed E-state index contributed by atoms with van der Waals surface area (Å²) in [5, 5.41) is 2.04. The molecule has 0 unspecified atom stereocenters. The highest BCUT2D eigenvalue weighted by molar-refractivity contribution is 7.82. The molecule has 0 aromatic heterocycles. The normalized spacial score (nSPS) is 26.0. The molecule has 2 amide bonds. The van der Waals surface area contributed by atoms with Gasteiger partial charge in [-0.3, -0.25) is 38.9 Å². The predicted molar refractivity (Wildman–Crippen MR) is 203 cm³/mol. The van der Waals surface area contributed by atoms with E-state index in [2.05, 4.69) is 33.5 Å². The quantitative estimate of drug-likeness (QED) is 0.0442. The third-order valence-corrected chi connectivity index (χ3v) is 11.9. The first-order valence-corrected chi connectivity index (χ1v) is 28.8. The van der Waals surface area contributed by atoms with Crippen molar-refractivity contribution in [3.8, 4) is 0 Å². The molecule has 2 saturated heterocycles. The maximum absolute atomic E-state index is 13.7. The van der Waals surface area contributed by atoms with Crippen molar-refractivity contribution < 1.29 is 166 Å². The Kier molecular flexibility index (Phi) is 22.4. The molecule has 1 aromatic carbocycles. The third kappa shape index (κ3) is 25.1. The topological polar surface area (TPSA) is 618 Å². The third-order valence-electron chi connectivity index (χ3n) is 8.30. The predicted octanol–water partition coefficient (Wildman–Crippen LogP) is -9.36. The fraction of sp³-hybridized carbons (Fsp3) is 0.680. The largest absolute Gasteiger partial charge is 0.726 e. The van der Waals surface area contributed by atoms with Crippen LogP contribution in [0.15, 0.2) is 30.3 Å². The summed E-state index contributed by atoms with van der Waals surface area (Å²) < 4.78 is 328. The number of nitrogens with zero attached hydrogens (tertiary/aromatic N) is 1. The zero-order valence-electron chi connectivity index (χ0n) is 34.8. The Morgan fingerprint density at radius 1 is 0.493 bits per heavy atom. The van der Waals surface area contributed by atoms with Crippen LogP contribution in [0.1, 0.15) is 5.56 Å². The van der Waals surface area contributed by atoms with Crippen LogP contribution in [0.3, 0.4) is 0 Å². The fourth-order valence-electron chi connectivity index (χ4n) is 5.95. The van der Waals surface area contributed by atoms with Crippen molar-refractivity contribution >= 4 is 95.0 Å². The first-order valence-electron chi connectivity index (χ1n) is 18.1. The molecule has 1 aromatic rings. The molecular formula is C25H30N2O38S8-8. The number of hydrogen-bond acceptors (Lipinski definition) is 38. The fourth-order valence-corrected chi connectivity index (χ4v) is 9.41. The Bertz CT molecular complexity index is 2990. The van der Waals surface area contributed by atoms with Gasteiger partial charge >= 0.3 is 0 Å². The zero-order chi connectivity index (χ0) is 55.8. The van der Waals surface area contributed by atoms with E-state index in [1.54, 1.807) is 0 Å². The van der Waals surface area contributed by atoms with Crippen LogP contribution >= 0.6 is 0 Å². The minimum Gasteiger partial charge on any atom is -0.726 e. The van der Waals surface area contributed by atoms with Crippen molar-refractivity contribution in [2.24, 2.45) is 0 Å². The number of rotatable bonds is 29. The SMILES string of the molecule is O=C(CN(Cc1ccccc1)C(=O)CO[C@@H]1[C@H](OS(=O)(=O)[O-])O[C@H](COS(=O)(=O)[O-])[C@H](OS(=O)(=O)[O-])[C@H]1OS(=O)(=O)[O-])NCCO[C@H]1O[C@@H](COS(=O)(=O)[O-])[C@@H](OS(=O)(=O)[O-])[C@H](OS(=O)(=O)[O-])[C@H]1OS(=O)(=O)[O-]. The van der Waals surface area contributed by atoms with Crippen LogP contribution in [-0.4, -0.2) is 221 Å². The van der Waals surface area contributed by atoms with Crippen molar-refractivity contribution in [3.63, 3.8) is 0 Å². The molecule has 0 spiro atoms. The summed E-state index contributed by atoms with van der Waals surface area (Å²) in [6.45, 7) is -9.03. The molecule has 10 atom stereocenters. The molecule has 2 aliphatic heterocycles. The molecular weight excluding hydrogens is 1190 g/mol. The van der Waals surface area contributed by atoms with Gasteiger partial charge in [-0.25, -0.2) is 71.5 Å². The van der Waals surface area contributed by atoms with E-state index < -0.39 is 202 Å². The van der Waals surface area contributed by atoms with Crippen molar-refractivity contribution in [2.45, 2.75) is 68.0 Å². The second kappa shape index (κ2) is 25.4. The van der Waals surface area contributed by atoms with E-state index in [0.717, 1.165) is 0 Å². The van der Waals surface area contributed by atoms with Gasteiger partial charge in [0, 0.05) is 13.1 Å². The lowest BCUT2D eigenvalue weighted by Gasteiger charge is -2.45. The molecule has 40 nitrogen and oxygen atoms in total. The average Bonchev–Trinajstić information content (AvgIpc) is 3.17. The number of benzene rings is 1. The molecule has 1 N–H and O–H groups in total. The van der Waals surface area contributed by atoms with Crippen molar-refractivity contribution in [2.75, 3.05) is 39.5 Å². The van der Waals surface area contributed by atoms with Gasteiger partial charge < -0.3 is 65.6 Å². The van der Waals surface area contributed by atoms with Crippen LogP contribution in [0.4, 0.5) is 0 Å². The Hall–Kier alpha value is -3.04. The molecule has 3 rings (SSSR count). The lowest BCUT2D eigenvalue weighted by Crippen LogP contribution is -2.63. The number of carbonyl (C=O) groups excluding carboxylic acids is 2. The molecule has 0 saturated carbocycles. The van der Waals surface area contributed by atoms with Crippen LogP contribution in [0, 0.1) is 0 Å². The molecule has 0 aliphatic carbocycles. The lowest BCUT2D eigenvalue weighted by molar-refractivity contribution is -0.286. The van der Waals surface area contributed by atoms with Crippen molar-refractivity contribution in [1.82, 2.24) is 10.2 Å². The molecule has 2 fully saturated rings. The molecule has 0 bridgehead atoms. The van der Waals surface area contributed by atoms with Crippen molar-refractivity contribution in [1.29, 1.82) is 0 Å². The Balaban J connectivity index is 1.94. The van der Waals surface area contributed by atoms with Crippen LogP contribution in [0.2, 0.25) is 0 Å². The van der Waals surface area contributed by atoms with E-state index in [9.17, 15) is 113 Å². The van der Waals surface area contributed by atoms with Gasteiger partial charge in [-0.2, -0.15) is 0 Å². The highest BCUT2D eigenvalue weighted by atomic mass is 32.3. The van der Waals surface area contributed by atoms with Gasteiger partial charge in [-0.1, -0.05) is 30.3 Å². The van der Waals surface area contributed by atoms with Gasteiger partial charge in [0.05, 0.1) is 26.4 Å². The molecule has 0 radical (unpaired) electrons. The molecule has 2 heterocycles. The molecule has 48 heteroatoms. The van der Waals surface area contributed by atoms with E-state index in [1.165, 1.54) is 30.3 Å². The summed E-state index contributed by atoms with van der Waals surface area (Å²) in [5.41, 5.74) is 0.164. The first-order chi connectivity index (χ1) is 33.0. The van der Waals surface area contributed by atoms with Gasteiger partial charge in [0.2, 0.25) is 101 Å². The minimum absolute atomic E-state index is 0.164. The van der Waals surface area contributed by atoms with E-state index in [0.29, 0.717) is 4.90 Å².